The van der Waals surface area contributed by atoms with E-state index in [2.05, 4.69) is 46.4 Å². The highest BCUT2D eigenvalue weighted by molar-refractivity contribution is 14.1. The Labute approximate surface area is 126 Å². The third kappa shape index (κ3) is 3.53. The zero-order chi connectivity index (χ0) is 13.1. The molecule has 6 heteroatoms. The van der Waals surface area contributed by atoms with Gasteiger partial charge in [-0.2, -0.15) is 0 Å². The van der Waals surface area contributed by atoms with Gasteiger partial charge in [-0.15, -0.1) is 0 Å². The monoisotopic (exact) mass is 382 g/mol. The summed E-state index contributed by atoms with van der Waals surface area (Å²) in [7, 11) is 0. The van der Waals surface area contributed by atoms with Crippen molar-refractivity contribution in [1.82, 2.24) is 9.97 Å². The first-order valence-electron chi connectivity index (χ1n) is 5.99. The lowest BCUT2D eigenvalue weighted by Crippen LogP contribution is -2.24. The highest BCUT2D eigenvalue weighted by Crippen LogP contribution is 2.25. The second-order valence-electron chi connectivity index (χ2n) is 4.67. The van der Waals surface area contributed by atoms with Crippen LogP contribution in [0.25, 0.3) is 0 Å². The van der Waals surface area contributed by atoms with E-state index >= 15 is 0 Å². The van der Waals surface area contributed by atoms with E-state index in [1.54, 1.807) is 0 Å². The first-order valence-corrected chi connectivity index (χ1v) is 7.44. The van der Waals surface area contributed by atoms with Crippen LogP contribution in [0.4, 0.5) is 0 Å². The van der Waals surface area contributed by atoms with Gasteiger partial charge in [-0.25, -0.2) is 9.97 Å². The normalized spacial score (nSPS) is 20.4. The van der Waals surface area contributed by atoms with Crippen LogP contribution in [-0.2, 0) is 15.9 Å². The molecule has 18 heavy (non-hydrogen) atoms. The van der Waals surface area contributed by atoms with Crippen molar-refractivity contribution in [3.63, 3.8) is 0 Å². The van der Waals surface area contributed by atoms with Gasteiger partial charge in [-0.1, -0.05) is 25.4 Å². The van der Waals surface area contributed by atoms with Gasteiger partial charge < -0.3 is 9.47 Å². The van der Waals surface area contributed by atoms with Gasteiger partial charge in [0.2, 0.25) is 0 Å². The van der Waals surface area contributed by atoms with E-state index in [1.807, 2.05) is 0 Å². The Balaban J connectivity index is 2.27. The summed E-state index contributed by atoms with van der Waals surface area (Å²) in [6.07, 6.45) is 0.695. The molecule has 1 fully saturated rings. The van der Waals surface area contributed by atoms with E-state index < -0.39 is 0 Å². The summed E-state index contributed by atoms with van der Waals surface area (Å²) in [4.78, 5) is 8.90. The van der Waals surface area contributed by atoms with E-state index in [9.17, 15) is 0 Å². The SMILES string of the molecule is CC(C)Cc1nc(C2COCCO2)nc(Cl)c1I. The van der Waals surface area contributed by atoms with Crippen LogP contribution in [0.15, 0.2) is 0 Å². The lowest BCUT2D eigenvalue weighted by Gasteiger charge is -2.22. The van der Waals surface area contributed by atoms with Crippen molar-refractivity contribution in [3.05, 3.63) is 20.2 Å². The molecule has 0 aliphatic carbocycles. The minimum Gasteiger partial charge on any atom is -0.376 e. The second-order valence-corrected chi connectivity index (χ2v) is 6.10. The molecule has 1 aliphatic rings. The Morgan fingerprint density at radius 1 is 1.39 bits per heavy atom. The molecule has 1 atom stereocenters. The molecule has 100 valence electrons. The van der Waals surface area contributed by atoms with Crippen LogP contribution in [0.3, 0.4) is 0 Å². The molecule has 2 rings (SSSR count). The molecular formula is C12H16ClIN2O2. The highest BCUT2D eigenvalue weighted by atomic mass is 127. The average Bonchev–Trinajstić information content (AvgIpc) is 2.35. The quantitative estimate of drug-likeness (QED) is 0.595. The minimum atomic E-state index is -0.195. The van der Waals surface area contributed by atoms with E-state index in [0.717, 1.165) is 15.7 Å². The molecule has 0 N–H and O–H groups in total. The predicted octanol–water partition coefficient (Wildman–Crippen LogP) is 3.02. The summed E-state index contributed by atoms with van der Waals surface area (Å²) in [5, 5.41) is 0.505. The third-order valence-corrected chi connectivity index (χ3v) is 4.33. The Kier molecular flexibility index (Phi) is 5.17. The Morgan fingerprint density at radius 3 is 2.78 bits per heavy atom. The molecule has 2 heterocycles. The summed E-state index contributed by atoms with van der Waals surface area (Å²) < 4.78 is 11.9. The lowest BCUT2D eigenvalue weighted by atomic mass is 10.1. The molecule has 0 bridgehead atoms. The molecule has 0 radical (unpaired) electrons. The summed E-state index contributed by atoms with van der Waals surface area (Å²) >= 11 is 8.36. The van der Waals surface area contributed by atoms with E-state index in [0.29, 0.717) is 36.7 Å². The van der Waals surface area contributed by atoms with Crippen molar-refractivity contribution in [2.45, 2.75) is 26.4 Å². The van der Waals surface area contributed by atoms with Gasteiger partial charge in [0, 0.05) is 0 Å². The van der Waals surface area contributed by atoms with Gasteiger partial charge in [0.25, 0.3) is 0 Å². The maximum atomic E-state index is 6.17. The fourth-order valence-electron chi connectivity index (χ4n) is 1.78. The number of ether oxygens (including phenoxy) is 2. The first-order chi connectivity index (χ1) is 8.58. The number of hydrogen-bond donors (Lipinski definition) is 0. The fourth-order valence-corrected chi connectivity index (χ4v) is 2.44. The number of nitrogens with zero attached hydrogens (tertiary/aromatic N) is 2. The Bertz CT molecular complexity index is 423. The van der Waals surface area contributed by atoms with Crippen molar-refractivity contribution < 1.29 is 9.47 Å². The lowest BCUT2D eigenvalue weighted by molar-refractivity contribution is -0.0936. The second kappa shape index (κ2) is 6.45. The van der Waals surface area contributed by atoms with Crippen LogP contribution >= 0.6 is 34.2 Å². The van der Waals surface area contributed by atoms with Gasteiger partial charge in [-0.05, 0) is 34.9 Å². The summed E-state index contributed by atoms with van der Waals surface area (Å²) in [5.41, 5.74) is 0.995. The van der Waals surface area contributed by atoms with Crippen LogP contribution < -0.4 is 0 Å². The van der Waals surface area contributed by atoms with E-state index in [4.69, 9.17) is 21.1 Å². The smallest absolute Gasteiger partial charge is 0.161 e. The maximum Gasteiger partial charge on any atom is 0.161 e. The molecule has 0 spiro atoms. The molecule has 0 amide bonds. The molecule has 1 aliphatic heterocycles. The zero-order valence-corrected chi connectivity index (χ0v) is 13.4. The van der Waals surface area contributed by atoms with Gasteiger partial charge in [0.1, 0.15) is 11.3 Å². The fraction of sp³-hybridized carbons (Fsp3) is 0.667. The van der Waals surface area contributed by atoms with Crippen LogP contribution in [0.1, 0.15) is 31.5 Å². The number of aromatic nitrogens is 2. The Morgan fingerprint density at radius 2 is 2.17 bits per heavy atom. The van der Waals surface area contributed by atoms with E-state index in [1.165, 1.54) is 0 Å². The van der Waals surface area contributed by atoms with Crippen LogP contribution in [0.2, 0.25) is 5.15 Å². The van der Waals surface area contributed by atoms with Gasteiger partial charge in [0.05, 0.1) is 29.1 Å². The molecule has 0 aromatic carbocycles. The Hall–Kier alpha value is 0.0200. The largest absolute Gasteiger partial charge is 0.376 e. The zero-order valence-electron chi connectivity index (χ0n) is 10.4. The maximum absolute atomic E-state index is 6.17. The topological polar surface area (TPSA) is 44.2 Å². The van der Waals surface area contributed by atoms with E-state index in [-0.39, 0.29) is 6.10 Å². The summed E-state index contributed by atoms with van der Waals surface area (Å²) in [6.45, 7) is 6.03. The third-order valence-electron chi connectivity index (χ3n) is 2.60. The number of rotatable bonds is 3. The summed E-state index contributed by atoms with van der Waals surface area (Å²) in [5.74, 6) is 1.16. The molecule has 1 aromatic heterocycles. The van der Waals surface area contributed by atoms with Crippen molar-refractivity contribution in [2.75, 3.05) is 19.8 Å². The van der Waals surface area contributed by atoms with Crippen molar-refractivity contribution in [2.24, 2.45) is 5.92 Å². The molecule has 1 saturated heterocycles. The van der Waals surface area contributed by atoms with Crippen molar-refractivity contribution in [3.8, 4) is 0 Å². The number of halogens is 2. The van der Waals surface area contributed by atoms with Gasteiger partial charge >= 0.3 is 0 Å². The molecule has 1 aromatic rings. The minimum absolute atomic E-state index is 0.195. The molecule has 0 saturated carbocycles. The van der Waals surface area contributed by atoms with Crippen molar-refractivity contribution in [1.29, 1.82) is 0 Å². The number of hydrogen-bond acceptors (Lipinski definition) is 4. The van der Waals surface area contributed by atoms with Gasteiger partial charge in [0.15, 0.2) is 5.82 Å². The van der Waals surface area contributed by atoms with Gasteiger partial charge in [-0.3, -0.25) is 0 Å². The predicted molar refractivity (Wildman–Crippen MR) is 77.8 cm³/mol. The first kappa shape index (κ1) is 14.4. The molecular weight excluding hydrogens is 367 g/mol. The highest BCUT2D eigenvalue weighted by Gasteiger charge is 2.22. The standard InChI is InChI=1S/C12H16ClIN2O2/c1-7(2)5-8-10(14)11(13)16-12(15-8)9-6-17-3-4-18-9/h7,9H,3-6H2,1-2H3. The van der Waals surface area contributed by atoms with Crippen LogP contribution in [0.5, 0.6) is 0 Å². The van der Waals surface area contributed by atoms with Crippen molar-refractivity contribution >= 4 is 34.2 Å². The van der Waals surface area contributed by atoms with Crippen LogP contribution in [0, 0.1) is 9.49 Å². The molecule has 1 unspecified atom stereocenters. The average molecular weight is 383 g/mol. The van der Waals surface area contributed by atoms with Crippen LogP contribution in [-0.4, -0.2) is 29.8 Å². The molecule has 4 nitrogen and oxygen atoms in total. The summed E-state index contributed by atoms with van der Waals surface area (Å²) in [6, 6.07) is 0.